The van der Waals surface area contributed by atoms with E-state index >= 15 is 0 Å². The van der Waals surface area contributed by atoms with Crippen molar-refractivity contribution in [2.24, 2.45) is 5.92 Å². The minimum atomic E-state index is -3.77. The Morgan fingerprint density at radius 2 is 1.96 bits per heavy atom. The molecule has 1 aliphatic heterocycles. The summed E-state index contributed by atoms with van der Waals surface area (Å²) < 4.78 is 32.1. The van der Waals surface area contributed by atoms with Crippen LogP contribution in [0.2, 0.25) is 0 Å². The quantitative estimate of drug-likeness (QED) is 0.579. The molecule has 9 nitrogen and oxygen atoms in total. The molecule has 0 aliphatic carbocycles. The van der Waals surface area contributed by atoms with Crippen LogP contribution < -0.4 is 10.1 Å². The van der Waals surface area contributed by atoms with Gasteiger partial charge in [-0.1, -0.05) is 6.92 Å². The smallest absolute Gasteiger partial charge is 0.294 e. The van der Waals surface area contributed by atoms with Crippen molar-refractivity contribution in [2.45, 2.75) is 24.7 Å². The average Bonchev–Trinajstić information content (AvgIpc) is 2.69. The first-order valence-electron chi connectivity index (χ1n) is 8.87. The van der Waals surface area contributed by atoms with Gasteiger partial charge in [0.2, 0.25) is 15.9 Å². The maximum atomic E-state index is 12.9. The maximum absolute atomic E-state index is 12.9. The van der Waals surface area contributed by atoms with Gasteiger partial charge in [-0.3, -0.25) is 10.1 Å². The Morgan fingerprint density at radius 3 is 2.54 bits per heavy atom. The molecule has 0 bridgehead atoms. The highest BCUT2D eigenvalue weighted by Crippen LogP contribution is 2.32. The van der Waals surface area contributed by atoms with Crippen LogP contribution in [0.4, 0.5) is 17.1 Å². The van der Waals surface area contributed by atoms with E-state index < -0.39 is 14.9 Å². The molecule has 0 unspecified atom stereocenters. The van der Waals surface area contributed by atoms with Gasteiger partial charge in [0.25, 0.3) is 5.69 Å². The van der Waals surface area contributed by atoms with Crippen LogP contribution in [0.25, 0.3) is 0 Å². The molecule has 28 heavy (non-hydrogen) atoms. The second-order valence-corrected chi connectivity index (χ2v) is 8.67. The van der Waals surface area contributed by atoms with Gasteiger partial charge in [0.05, 0.1) is 28.8 Å². The van der Waals surface area contributed by atoms with Crippen molar-refractivity contribution in [2.75, 3.05) is 25.5 Å². The Balaban J connectivity index is 1.89. The van der Waals surface area contributed by atoms with Gasteiger partial charge < -0.3 is 10.1 Å². The molecule has 0 saturated carbocycles. The number of hydrogen-bond donors (Lipinski definition) is 1. The van der Waals surface area contributed by atoms with E-state index in [1.54, 1.807) is 12.1 Å². The van der Waals surface area contributed by atoms with Gasteiger partial charge in [-0.05, 0) is 37.0 Å². The molecule has 1 N–H and O–H groups in total. The van der Waals surface area contributed by atoms with Crippen molar-refractivity contribution in [3.05, 3.63) is 46.6 Å². The van der Waals surface area contributed by atoms with E-state index in [1.165, 1.54) is 29.7 Å². The number of sulfonamides is 1. The number of nitrogens with one attached hydrogen (secondary N) is 1. The van der Waals surface area contributed by atoms with Crippen LogP contribution >= 0.6 is 0 Å². The van der Waals surface area contributed by atoms with Gasteiger partial charge in [0, 0.05) is 25.2 Å². The topological polar surface area (TPSA) is 115 Å². The lowest BCUT2D eigenvalue weighted by atomic mass is 10.0. The first kappa shape index (κ1) is 20.0. The van der Waals surface area contributed by atoms with E-state index in [9.17, 15) is 18.5 Å². The normalized spacial score (nSPS) is 15.9. The monoisotopic (exact) mass is 406 g/mol. The van der Waals surface area contributed by atoms with E-state index in [0.717, 1.165) is 18.9 Å². The number of hydrogen-bond acceptors (Lipinski definition) is 7. The predicted molar refractivity (Wildman–Crippen MR) is 104 cm³/mol. The van der Waals surface area contributed by atoms with Gasteiger partial charge in [0.1, 0.15) is 5.69 Å². The van der Waals surface area contributed by atoms with E-state index in [0.29, 0.717) is 30.6 Å². The predicted octanol–water partition coefficient (Wildman–Crippen LogP) is 3.16. The highest BCUT2D eigenvalue weighted by Gasteiger charge is 2.30. The summed E-state index contributed by atoms with van der Waals surface area (Å²) in [7, 11) is -2.28. The van der Waals surface area contributed by atoms with Crippen LogP contribution in [0, 0.1) is 16.0 Å². The zero-order valence-electron chi connectivity index (χ0n) is 15.7. The van der Waals surface area contributed by atoms with Crippen LogP contribution in [0.15, 0.2) is 41.4 Å². The fraction of sp³-hybridized carbons (Fsp3) is 0.389. The molecule has 3 rings (SSSR count). The zero-order chi connectivity index (χ0) is 20.3. The maximum Gasteiger partial charge on any atom is 0.294 e. The number of nitro benzene ring substituents is 1. The van der Waals surface area contributed by atoms with Crippen LogP contribution in [-0.4, -0.2) is 42.8 Å². The number of benzene rings is 1. The van der Waals surface area contributed by atoms with Crippen molar-refractivity contribution < 1.29 is 18.1 Å². The van der Waals surface area contributed by atoms with Crippen LogP contribution in [0.1, 0.15) is 19.8 Å². The Labute approximate surface area is 163 Å². The number of ether oxygens (including phenoxy) is 1. The molecule has 2 aromatic rings. The first-order valence-corrected chi connectivity index (χ1v) is 10.3. The lowest BCUT2D eigenvalue weighted by molar-refractivity contribution is -0.384. The van der Waals surface area contributed by atoms with Crippen molar-refractivity contribution in [1.29, 1.82) is 0 Å². The van der Waals surface area contributed by atoms with Crippen molar-refractivity contribution >= 4 is 27.1 Å². The fourth-order valence-electron chi connectivity index (χ4n) is 3.03. The summed E-state index contributed by atoms with van der Waals surface area (Å²) in [4.78, 5) is 14.9. The number of pyridine rings is 1. The Hall–Kier alpha value is -2.72. The molecule has 1 aromatic carbocycles. The summed E-state index contributed by atoms with van der Waals surface area (Å²) >= 11 is 0. The summed E-state index contributed by atoms with van der Waals surface area (Å²) in [6, 6.07) is 7.17. The molecule has 1 fully saturated rings. The molecule has 2 heterocycles. The number of nitrogens with zero attached hydrogens (tertiary/aromatic N) is 3. The van der Waals surface area contributed by atoms with Crippen molar-refractivity contribution in [3.8, 4) is 5.88 Å². The third-order valence-electron chi connectivity index (χ3n) is 4.77. The Kier molecular flexibility index (Phi) is 5.80. The van der Waals surface area contributed by atoms with E-state index in [1.807, 2.05) is 0 Å². The number of anilines is 2. The summed E-state index contributed by atoms with van der Waals surface area (Å²) in [6.07, 6.45) is 3.04. The number of piperidine rings is 1. The van der Waals surface area contributed by atoms with Crippen LogP contribution in [0.5, 0.6) is 5.88 Å². The molecule has 0 spiro atoms. The Bertz CT molecular complexity index is 954. The largest absolute Gasteiger partial charge is 0.481 e. The van der Waals surface area contributed by atoms with Gasteiger partial charge in [-0.25, -0.2) is 13.4 Å². The summed E-state index contributed by atoms with van der Waals surface area (Å²) in [5.41, 5.74) is 0.384. The third kappa shape index (κ3) is 4.23. The van der Waals surface area contributed by atoms with Gasteiger partial charge in [-0.15, -0.1) is 0 Å². The number of methoxy groups -OCH3 is 1. The first-order chi connectivity index (χ1) is 13.3. The minimum Gasteiger partial charge on any atom is -0.481 e. The van der Waals surface area contributed by atoms with Gasteiger partial charge in [0.15, 0.2) is 0 Å². The summed E-state index contributed by atoms with van der Waals surface area (Å²) in [5, 5.41) is 14.4. The average molecular weight is 406 g/mol. The van der Waals surface area contributed by atoms with Crippen molar-refractivity contribution in [1.82, 2.24) is 9.29 Å². The molecule has 10 heteroatoms. The second-order valence-electron chi connectivity index (χ2n) is 6.74. The highest BCUT2D eigenvalue weighted by molar-refractivity contribution is 7.89. The number of rotatable bonds is 6. The van der Waals surface area contributed by atoms with Crippen LogP contribution in [0.3, 0.4) is 0 Å². The molecule has 0 radical (unpaired) electrons. The number of aromatic nitrogens is 1. The highest BCUT2D eigenvalue weighted by atomic mass is 32.2. The van der Waals surface area contributed by atoms with Gasteiger partial charge >= 0.3 is 0 Å². The van der Waals surface area contributed by atoms with Gasteiger partial charge in [-0.2, -0.15) is 4.31 Å². The summed E-state index contributed by atoms with van der Waals surface area (Å²) in [5.74, 6) is 0.891. The third-order valence-corrected chi connectivity index (χ3v) is 6.67. The fourth-order valence-corrected chi connectivity index (χ4v) is 4.52. The minimum absolute atomic E-state index is 0.0767. The molecule has 1 aliphatic rings. The molecule has 150 valence electrons. The lowest BCUT2D eigenvalue weighted by Crippen LogP contribution is -2.37. The lowest BCUT2D eigenvalue weighted by Gasteiger charge is -2.29. The standard InChI is InChI=1S/C18H22N4O5S/c1-13-7-9-21(10-8-13)28(25,26)15-4-5-16(17(11-15)22(23)24)20-14-3-6-18(27-2)19-12-14/h3-6,11-13,20H,7-10H2,1-2H3. The second kappa shape index (κ2) is 8.11. The van der Waals surface area contributed by atoms with E-state index in [-0.39, 0.29) is 16.3 Å². The molecular weight excluding hydrogens is 384 g/mol. The van der Waals surface area contributed by atoms with Crippen molar-refractivity contribution in [3.63, 3.8) is 0 Å². The Morgan fingerprint density at radius 1 is 1.25 bits per heavy atom. The van der Waals surface area contributed by atoms with Crippen LogP contribution in [-0.2, 0) is 10.0 Å². The number of nitro groups is 1. The zero-order valence-corrected chi connectivity index (χ0v) is 16.5. The van der Waals surface area contributed by atoms with E-state index in [2.05, 4.69) is 17.2 Å². The molecule has 1 saturated heterocycles. The SMILES string of the molecule is COc1ccc(Nc2ccc(S(=O)(=O)N3CCC(C)CC3)cc2[N+](=O)[O-])cn1. The van der Waals surface area contributed by atoms with E-state index in [4.69, 9.17) is 4.74 Å². The molecule has 0 atom stereocenters. The summed E-state index contributed by atoms with van der Waals surface area (Å²) in [6.45, 7) is 2.94. The molecule has 1 aromatic heterocycles. The molecule has 0 amide bonds. The molecular formula is C18H22N4O5S.